The molecule has 12 heteroatoms. The second-order valence-corrected chi connectivity index (χ2v) is 9.26. The Hall–Kier alpha value is -4.06. The van der Waals surface area contributed by atoms with Gasteiger partial charge in [0.15, 0.2) is 5.82 Å². The summed E-state index contributed by atoms with van der Waals surface area (Å²) in [4.78, 5) is 38.2. The van der Waals surface area contributed by atoms with E-state index < -0.39 is 22.5 Å². The van der Waals surface area contributed by atoms with Crippen LogP contribution >= 0.6 is 11.3 Å². The number of nitrogens with one attached hydrogen (secondary N) is 1. The number of hydrogen-bond donors (Lipinski definition) is 1. The molecular weight excluding hydrogens is 474 g/mol. The maximum atomic E-state index is 13.1. The number of rotatable bonds is 7. The first-order chi connectivity index (χ1) is 16.5. The van der Waals surface area contributed by atoms with E-state index in [2.05, 4.69) is 20.9 Å². The first-order valence-electron chi connectivity index (χ1n) is 10.4. The van der Waals surface area contributed by atoms with Gasteiger partial charge < -0.3 is 19.7 Å². The Morgan fingerprint density at radius 1 is 1.17 bits per heavy atom. The summed E-state index contributed by atoms with van der Waals surface area (Å²) in [5, 5.41) is 24.4. The number of nitro groups is 1. The van der Waals surface area contributed by atoms with Crippen molar-refractivity contribution in [2.24, 2.45) is 0 Å². The van der Waals surface area contributed by atoms with E-state index >= 15 is 0 Å². The SMILES string of the molecule is COc1ccc(NC(=O)c2[c]sc(-c3ccc([N+](=O)[O-])cc3)c2CN(C)C(=O)OC(C)(C)C)nn1. The number of hydrogen-bond acceptors (Lipinski definition) is 9. The normalized spacial score (nSPS) is 11.0. The Labute approximate surface area is 205 Å². The maximum Gasteiger partial charge on any atom is 0.410 e. The first-order valence-corrected chi connectivity index (χ1v) is 11.2. The van der Waals surface area contributed by atoms with Crippen molar-refractivity contribution in [1.82, 2.24) is 15.1 Å². The minimum absolute atomic E-state index is 0.0400. The van der Waals surface area contributed by atoms with Gasteiger partial charge in [0.05, 0.1) is 29.5 Å². The molecule has 11 nitrogen and oxygen atoms in total. The molecule has 35 heavy (non-hydrogen) atoms. The van der Waals surface area contributed by atoms with Crippen molar-refractivity contribution in [2.75, 3.05) is 19.5 Å². The Kier molecular flexibility index (Phi) is 7.65. The third-order valence-corrected chi connectivity index (χ3v) is 5.58. The van der Waals surface area contributed by atoms with Crippen molar-refractivity contribution in [3.63, 3.8) is 0 Å². The fourth-order valence-corrected chi connectivity index (χ4v) is 3.92. The number of anilines is 1. The number of carbonyl (C=O) groups excluding carboxylic acids is 2. The molecule has 0 spiro atoms. The van der Waals surface area contributed by atoms with Crippen molar-refractivity contribution in [2.45, 2.75) is 32.9 Å². The third kappa shape index (κ3) is 6.51. The van der Waals surface area contributed by atoms with E-state index in [1.165, 1.54) is 24.1 Å². The lowest BCUT2D eigenvalue weighted by Gasteiger charge is -2.25. The molecule has 0 bridgehead atoms. The number of nitrogens with zero attached hydrogens (tertiary/aromatic N) is 4. The highest BCUT2D eigenvalue weighted by Gasteiger charge is 2.25. The molecule has 2 aromatic heterocycles. The fraction of sp³-hybridized carbons (Fsp3) is 0.304. The maximum absolute atomic E-state index is 13.1. The van der Waals surface area contributed by atoms with Gasteiger partial charge in [-0.3, -0.25) is 14.9 Å². The number of thiophene rings is 1. The van der Waals surface area contributed by atoms with Crippen LogP contribution in [0.3, 0.4) is 0 Å². The van der Waals surface area contributed by atoms with Gasteiger partial charge in [-0.15, -0.1) is 21.5 Å². The average Bonchev–Trinajstić information content (AvgIpc) is 3.22. The molecule has 3 rings (SSSR count). The monoisotopic (exact) mass is 498 g/mol. The lowest BCUT2D eigenvalue weighted by Crippen LogP contribution is -2.34. The molecule has 0 saturated heterocycles. The van der Waals surface area contributed by atoms with Crippen molar-refractivity contribution in [1.29, 1.82) is 0 Å². The molecule has 0 aliphatic carbocycles. The highest BCUT2D eigenvalue weighted by atomic mass is 32.1. The fourth-order valence-electron chi connectivity index (χ4n) is 2.96. The quantitative estimate of drug-likeness (QED) is 0.370. The Balaban J connectivity index is 1.95. The van der Waals surface area contributed by atoms with Crippen LogP contribution in [0.4, 0.5) is 16.3 Å². The largest absolute Gasteiger partial charge is 0.480 e. The summed E-state index contributed by atoms with van der Waals surface area (Å²) in [6, 6.07) is 9.03. The zero-order valence-corrected chi connectivity index (χ0v) is 20.6. The van der Waals surface area contributed by atoms with E-state index in [4.69, 9.17) is 9.47 Å². The van der Waals surface area contributed by atoms with Crippen LogP contribution in [0.5, 0.6) is 5.88 Å². The van der Waals surface area contributed by atoms with Gasteiger partial charge in [-0.05, 0) is 44.5 Å². The smallest absolute Gasteiger partial charge is 0.410 e. The van der Waals surface area contributed by atoms with Crippen molar-refractivity contribution in [3.05, 3.63) is 63.0 Å². The van der Waals surface area contributed by atoms with Crippen LogP contribution in [0.15, 0.2) is 36.4 Å². The number of amides is 2. The molecule has 0 aliphatic rings. The Morgan fingerprint density at radius 2 is 1.86 bits per heavy atom. The number of non-ortho nitro benzene ring substituents is 1. The molecule has 1 aromatic carbocycles. The molecule has 0 aliphatic heterocycles. The van der Waals surface area contributed by atoms with Crippen LogP contribution in [0, 0.1) is 15.5 Å². The van der Waals surface area contributed by atoms with Crippen LogP contribution in [0.2, 0.25) is 0 Å². The minimum atomic E-state index is -0.694. The standard InChI is InChI=1S/C23H24N5O6S/c1-23(2,3)34-22(30)27(4)12-16-17(21(29)24-18-10-11-19(33-5)26-25-18)13-35-20(16)14-6-8-15(9-7-14)28(31)32/h6-11H,12H2,1-5H3,(H,24,25,29). The van der Waals surface area contributed by atoms with Gasteiger partial charge in [0, 0.05) is 35.7 Å². The zero-order valence-electron chi connectivity index (χ0n) is 19.8. The van der Waals surface area contributed by atoms with E-state index in [1.807, 2.05) is 0 Å². The lowest BCUT2D eigenvalue weighted by atomic mass is 10.0. The first kappa shape index (κ1) is 25.6. The Morgan fingerprint density at radius 3 is 2.40 bits per heavy atom. The van der Waals surface area contributed by atoms with E-state index in [9.17, 15) is 19.7 Å². The molecule has 2 amide bonds. The van der Waals surface area contributed by atoms with Crippen LogP contribution < -0.4 is 10.1 Å². The summed E-state index contributed by atoms with van der Waals surface area (Å²) in [6.45, 7) is 5.31. The van der Waals surface area contributed by atoms with E-state index in [1.54, 1.807) is 52.1 Å². The molecule has 0 fully saturated rings. The highest BCUT2D eigenvalue weighted by molar-refractivity contribution is 7.13. The second-order valence-electron chi connectivity index (χ2n) is 8.44. The molecule has 183 valence electrons. The van der Waals surface area contributed by atoms with Gasteiger partial charge in [-0.2, -0.15) is 0 Å². The van der Waals surface area contributed by atoms with E-state index in [0.29, 0.717) is 21.9 Å². The van der Waals surface area contributed by atoms with E-state index in [-0.39, 0.29) is 23.6 Å². The summed E-state index contributed by atoms with van der Waals surface area (Å²) in [5.74, 6) is 0.00502. The summed E-state index contributed by atoms with van der Waals surface area (Å²) in [5.41, 5.74) is 0.610. The number of nitro benzene ring substituents is 1. The lowest BCUT2D eigenvalue weighted by molar-refractivity contribution is -0.384. The molecular formula is C23H24N5O6S. The number of benzene rings is 1. The number of aromatic nitrogens is 2. The number of ether oxygens (including phenoxy) is 2. The van der Waals surface area contributed by atoms with E-state index in [0.717, 1.165) is 11.3 Å². The third-order valence-electron chi connectivity index (χ3n) is 4.59. The van der Waals surface area contributed by atoms with Crippen LogP contribution in [0.25, 0.3) is 10.4 Å². The Bertz CT molecular complexity index is 1220. The molecule has 2 heterocycles. The van der Waals surface area contributed by atoms with Gasteiger partial charge in [0.1, 0.15) is 5.60 Å². The van der Waals surface area contributed by atoms with Crippen molar-refractivity contribution in [3.8, 4) is 16.3 Å². The van der Waals surface area contributed by atoms with Gasteiger partial charge >= 0.3 is 6.09 Å². The summed E-state index contributed by atoms with van der Waals surface area (Å²) >= 11 is 1.16. The van der Waals surface area contributed by atoms with Crippen LogP contribution in [0.1, 0.15) is 36.7 Å². The number of carbonyl (C=O) groups is 2. The molecule has 3 aromatic rings. The van der Waals surface area contributed by atoms with Gasteiger partial charge in [-0.1, -0.05) is 0 Å². The highest BCUT2D eigenvalue weighted by Crippen LogP contribution is 2.35. The molecule has 0 atom stereocenters. The summed E-state index contributed by atoms with van der Waals surface area (Å²) < 4.78 is 10.4. The molecule has 1 radical (unpaired) electrons. The number of methoxy groups -OCH3 is 1. The summed E-state index contributed by atoms with van der Waals surface area (Å²) in [7, 11) is 3.01. The van der Waals surface area contributed by atoms with Gasteiger partial charge in [0.25, 0.3) is 11.6 Å². The van der Waals surface area contributed by atoms with Crippen LogP contribution in [-0.2, 0) is 11.3 Å². The molecule has 0 unspecified atom stereocenters. The van der Waals surface area contributed by atoms with Crippen molar-refractivity contribution >= 4 is 34.8 Å². The minimum Gasteiger partial charge on any atom is -0.480 e. The topological polar surface area (TPSA) is 137 Å². The van der Waals surface area contributed by atoms with Gasteiger partial charge in [0.2, 0.25) is 5.88 Å². The summed E-state index contributed by atoms with van der Waals surface area (Å²) in [6.07, 6.45) is -0.564. The average molecular weight is 499 g/mol. The second kappa shape index (κ2) is 10.5. The molecule has 0 saturated carbocycles. The zero-order chi connectivity index (χ0) is 25.8. The van der Waals surface area contributed by atoms with Gasteiger partial charge in [-0.25, -0.2) is 4.79 Å². The van der Waals surface area contributed by atoms with Crippen molar-refractivity contribution < 1.29 is 24.0 Å². The predicted molar refractivity (Wildman–Crippen MR) is 129 cm³/mol. The molecule has 1 N–H and O–H groups in total. The van der Waals surface area contributed by atoms with Crippen LogP contribution in [-0.4, -0.2) is 51.8 Å². The predicted octanol–water partition coefficient (Wildman–Crippen LogP) is 4.54.